The van der Waals surface area contributed by atoms with Gasteiger partial charge < -0.3 is 5.32 Å². The number of nitrogens with zero attached hydrogens (tertiary/aromatic N) is 1. The summed E-state index contributed by atoms with van der Waals surface area (Å²) in [5.74, 6) is -1.63. The van der Waals surface area contributed by atoms with Crippen molar-refractivity contribution in [2.24, 2.45) is 5.41 Å². The van der Waals surface area contributed by atoms with Crippen molar-refractivity contribution in [2.45, 2.75) is 27.7 Å². The lowest BCUT2D eigenvalue weighted by Crippen LogP contribution is -2.28. The lowest BCUT2D eigenvalue weighted by Gasteiger charge is -2.18. The zero-order valence-corrected chi connectivity index (χ0v) is 12.0. The van der Waals surface area contributed by atoms with Crippen molar-refractivity contribution in [2.75, 3.05) is 5.32 Å². The number of carbonyl (C=O) groups excluding carboxylic acids is 3. The molecule has 0 unspecified atom stereocenters. The highest BCUT2D eigenvalue weighted by molar-refractivity contribution is 6.44. The normalized spacial score (nSPS) is 11.0. The van der Waals surface area contributed by atoms with Crippen molar-refractivity contribution in [3.05, 3.63) is 23.0 Å². The van der Waals surface area contributed by atoms with Crippen LogP contribution in [0, 0.1) is 5.41 Å². The van der Waals surface area contributed by atoms with Gasteiger partial charge in [0.05, 0.1) is 11.3 Å². The minimum absolute atomic E-state index is 0.0366. The Kier molecular flexibility index (Phi) is 4.42. The molecule has 5 nitrogen and oxygen atoms in total. The fourth-order valence-corrected chi connectivity index (χ4v) is 1.37. The second-order valence-corrected chi connectivity index (χ2v) is 5.53. The fraction of sp³-hybridized carbons (Fsp3) is 0.385. The summed E-state index contributed by atoms with van der Waals surface area (Å²) in [5, 5.41) is 2.72. The first-order valence-corrected chi connectivity index (χ1v) is 6.03. The molecule has 1 N–H and O–H groups in total. The molecule has 1 aromatic rings. The van der Waals surface area contributed by atoms with E-state index in [1.807, 2.05) is 0 Å². The summed E-state index contributed by atoms with van der Waals surface area (Å²) in [5.41, 5.74) is -0.402. The molecular formula is C13H15ClN2O3. The van der Waals surface area contributed by atoms with Gasteiger partial charge in [0.2, 0.25) is 11.7 Å². The Labute approximate surface area is 116 Å². The van der Waals surface area contributed by atoms with Gasteiger partial charge in [-0.25, -0.2) is 4.98 Å². The molecule has 102 valence electrons. The molecule has 1 amide bonds. The third kappa shape index (κ3) is 3.86. The van der Waals surface area contributed by atoms with Gasteiger partial charge in [0.15, 0.2) is 5.78 Å². The molecule has 0 saturated carbocycles. The number of amides is 1. The van der Waals surface area contributed by atoms with Crippen LogP contribution in [0.3, 0.4) is 0 Å². The van der Waals surface area contributed by atoms with Crippen molar-refractivity contribution in [3.63, 3.8) is 0 Å². The highest BCUT2D eigenvalue weighted by atomic mass is 35.5. The summed E-state index contributed by atoms with van der Waals surface area (Å²) in [7, 11) is 0. The minimum atomic E-state index is -0.714. The number of halogens is 1. The summed E-state index contributed by atoms with van der Waals surface area (Å²) in [4.78, 5) is 38.5. The Morgan fingerprint density at radius 2 is 1.84 bits per heavy atom. The number of anilines is 1. The van der Waals surface area contributed by atoms with E-state index in [2.05, 4.69) is 10.3 Å². The van der Waals surface area contributed by atoms with Crippen molar-refractivity contribution >= 4 is 34.8 Å². The van der Waals surface area contributed by atoms with Gasteiger partial charge in [-0.2, -0.15) is 0 Å². The van der Waals surface area contributed by atoms with E-state index in [1.165, 1.54) is 12.3 Å². The van der Waals surface area contributed by atoms with Gasteiger partial charge in [-0.1, -0.05) is 32.4 Å². The zero-order chi connectivity index (χ0) is 14.8. The van der Waals surface area contributed by atoms with Crippen molar-refractivity contribution < 1.29 is 14.4 Å². The molecule has 1 heterocycles. The van der Waals surface area contributed by atoms with Gasteiger partial charge in [0.25, 0.3) is 0 Å². The lowest BCUT2D eigenvalue weighted by atomic mass is 9.95. The Balaban J connectivity index is 3.19. The molecule has 0 aliphatic rings. The van der Waals surface area contributed by atoms with Crippen LogP contribution in [0.1, 0.15) is 38.1 Å². The van der Waals surface area contributed by atoms with E-state index in [0.29, 0.717) is 0 Å². The predicted molar refractivity (Wildman–Crippen MR) is 72.3 cm³/mol. The maximum absolute atomic E-state index is 11.9. The van der Waals surface area contributed by atoms with Gasteiger partial charge in [-0.3, -0.25) is 14.4 Å². The second-order valence-electron chi connectivity index (χ2n) is 5.14. The zero-order valence-electron chi connectivity index (χ0n) is 11.2. The Morgan fingerprint density at radius 1 is 1.26 bits per heavy atom. The van der Waals surface area contributed by atoms with Crippen LogP contribution in [0.4, 0.5) is 5.69 Å². The number of hydrogen-bond acceptors (Lipinski definition) is 4. The molecule has 1 rings (SSSR count). The van der Waals surface area contributed by atoms with Crippen molar-refractivity contribution in [1.82, 2.24) is 4.98 Å². The maximum atomic E-state index is 11.9. The van der Waals surface area contributed by atoms with Crippen molar-refractivity contribution in [1.29, 1.82) is 0 Å². The molecule has 0 bridgehead atoms. The standard InChI is InChI=1S/C13H15ClN2O3/c1-7(17)11(18)8-6-15-10(14)5-9(8)16-12(19)13(2,3)4/h5-6H,1-4H3,(H,15,16,19). The van der Waals surface area contributed by atoms with E-state index < -0.39 is 17.0 Å². The first-order chi connectivity index (χ1) is 8.62. The molecular weight excluding hydrogens is 268 g/mol. The highest BCUT2D eigenvalue weighted by Crippen LogP contribution is 2.23. The van der Waals surface area contributed by atoms with E-state index in [-0.39, 0.29) is 22.3 Å². The number of nitrogens with one attached hydrogen (secondary N) is 1. The van der Waals surface area contributed by atoms with Crippen LogP contribution in [0.15, 0.2) is 12.3 Å². The number of Topliss-reactive ketones (excluding diaryl/α,β-unsaturated/α-hetero) is 2. The van der Waals surface area contributed by atoms with E-state index in [9.17, 15) is 14.4 Å². The van der Waals surface area contributed by atoms with E-state index in [1.54, 1.807) is 20.8 Å². The van der Waals surface area contributed by atoms with Crippen LogP contribution in [0.2, 0.25) is 5.15 Å². The van der Waals surface area contributed by atoms with Crippen LogP contribution in [0.25, 0.3) is 0 Å². The Morgan fingerprint density at radius 3 is 2.32 bits per heavy atom. The molecule has 1 aromatic heterocycles. The summed E-state index contributed by atoms with van der Waals surface area (Å²) in [6.07, 6.45) is 1.18. The molecule has 0 fully saturated rings. The number of carbonyl (C=O) groups is 3. The highest BCUT2D eigenvalue weighted by Gasteiger charge is 2.24. The minimum Gasteiger partial charge on any atom is -0.325 e. The summed E-state index contributed by atoms with van der Waals surface area (Å²) in [6, 6.07) is 1.35. The Hall–Kier alpha value is -1.75. The van der Waals surface area contributed by atoms with Gasteiger partial charge in [-0.15, -0.1) is 0 Å². The van der Waals surface area contributed by atoms with Crippen LogP contribution >= 0.6 is 11.6 Å². The summed E-state index contributed by atoms with van der Waals surface area (Å²) < 4.78 is 0. The average molecular weight is 283 g/mol. The topological polar surface area (TPSA) is 76.1 Å². The third-order valence-corrected chi connectivity index (χ3v) is 2.57. The summed E-state index contributed by atoms with van der Waals surface area (Å²) >= 11 is 5.74. The van der Waals surface area contributed by atoms with Gasteiger partial charge >= 0.3 is 0 Å². The molecule has 0 radical (unpaired) electrons. The lowest BCUT2D eigenvalue weighted by molar-refractivity contribution is -0.123. The monoisotopic (exact) mass is 282 g/mol. The van der Waals surface area contributed by atoms with Crippen LogP contribution < -0.4 is 5.32 Å². The molecule has 0 saturated heterocycles. The quantitative estimate of drug-likeness (QED) is 0.525. The number of pyridine rings is 1. The van der Waals surface area contributed by atoms with Crippen LogP contribution in [-0.4, -0.2) is 22.5 Å². The molecule has 6 heteroatoms. The van der Waals surface area contributed by atoms with Gasteiger partial charge in [0.1, 0.15) is 5.15 Å². The number of hydrogen-bond donors (Lipinski definition) is 1. The van der Waals surface area contributed by atoms with Crippen LogP contribution in [-0.2, 0) is 9.59 Å². The van der Waals surface area contributed by atoms with E-state index in [4.69, 9.17) is 11.6 Å². The Bertz CT molecular complexity index is 547. The maximum Gasteiger partial charge on any atom is 0.231 e. The fourth-order valence-electron chi connectivity index (χ4n) is 1.21. The predicted octanol–water partition coefficient (Wildman–Crippen LogP) is 2.49. The molecule has 19 heavy (non-hydrogen) atoms. The smallest absolute Gasteiger partial charge is 0.231 e. The third-order valence-electron chi connectivity index (χ3n) is 2.36. The van der Waals surface area contributed by atoms with E-state index in [0.717, 1.165) is 6.92 Å². The number of aromatic nitrogens is 1. The molecule has 0 aromatic carbocycles. The number of ketones is 2. The molecule has 0 aliphatic carbocycles. The summed E-state index contributed by atoms with van der Waals surface area (Å²) in [6.45, 7) is 6.36. The van der Waals surface area contributed by atoms with Gasteiger partial charge in [-0.05, 0) is 6.07 Å². The second kappa shape index (κ2) is 5.48. The first-order valence-electron chi connectivity index (χ1n) is 5.65. The van der Waals surface area contributed by atoms with Crippen LogP contribution in [0.5, 0.6) is 0 Å². The van der Waals surface area contributed by atoms with Crippen molar-refractivity contribution in [3.8, 4) is 0 Å². The van der Waals surface area contributed by atoms with E-state index >= 15 is 0 Å². The SMILES string of the molecule is CC(=O)C(=O)c1cnc(Cl)cc1NC(=O)C(C)(C)C. The molecule has 0 aliphatic heterocycles. The molecule has 0 atom stereocenters. The largest absolute Gasteiger partial charge is 0.325 e. The first kappa shape index (κ1) is 15.3. The molecule has 0 spiro atoms. The average Bonchev–Trinajstić information content (AvgIpc) is 2.27. The number of rotatable bonds is 3. The van der Waals surface area contributed by atoms with Gasteiger partial charge in [0, 0.05) is 18.5 Å².